The van der Waals surface area contributed by atoms with Crippen LogP contribution in [0.1, 0.15) is 36.5 Å². The van der Waals surface area contributed by atoms with Crippen molar-refractivity contribution >= 4 is 29.4 Å². The van der Waals surface area contributed by atoms with Crippen LogP contribution >= 0.6 is 12.2 Å². The van der Waals surface area contributed by atoms with Crippen LogP contribution in [0.3, 0.4) is 0 Å². The molecule has 0 bridgehead atoms. The van der Waals surface area contributed by atoms with E-state index in [0.29, 0.717) is 61.1 Å². The summed E-state index contributed by atoms with van der Waals surface area (Å²) in [6, 6.07) is 21.4. The molecule has 4 aromatic rings. The maximum Gasteiger partial charge on any atom is 0.573 e. The van der Waals surface area contributed by atoms with Gasteiger partial charge in [0.05, 0.1) is 25.1 Å². The largest absolute Gasteiger partial charge is 0.573 e. The molecule has 2 heterocycles. The summed E-state index contributed by atoms with van der Waals surface area (Å²) in [5, 5.41) is 9.01. The molecule has 3 aromatic carbocycles. The number of anilines is 1. The maximum absolute atomic E-state index is 12.6. The van der Waals surface area contributed by atoms with Gasteiger partial charge in [0.15, 0.2) is 5.82 Å². The number of rotatable bonds is 9. The molecule has 1 aliphatic heterocycles. The highest BCUT2D eigenvalue weighted by Crippen LogP contribution is 2.28. The molecule has 1 saturated heterocycles. The van der Waals surface area contributed by atoms with Crippen molar-refractivity contribution in [2.75, 3.05) is 31.2 Å². The topological polar surface area (TPSA) is 76.8 Å². The van der Waals surface area contributed by atoms with Gasteiger partial charge in [-0.25, -0.2) is 0 Å². The number of ether oxygens (including phenoxy) is 2. The van der Waals surface area contributed by atoms with E-state index in [9.17, 15) is 13.2 Å². The van der Waals surface area contributed by atoms with E-state index in [4.69, 9.17) is 27.0 Å². The lowest BCUT2D eigenvalue weighted by atomic mass is 9.95. The van der Waals surface area contributed by atoms with Crippen molar-refractivity contribution in [1.29, 1.82) is 0 Å². The summed E-state index contributed by atoms with van der Waals surface area (Å²) >= 11 is 5.51. The van der Waals surface area contributed by atoms with Crippen LogP contribution in [-0.2, 0) is 11.2 Å². The highest BCUT2D eigenvalue weighted by molar-refractivity contribution is 7.80. The summed E-state index contributed by atoms with van der Waals surface area (Å²) in [7, 11) is 0. The number of hydrazone groups is 1. The van der Waals surface area contributed by atoms with E-state index in [0.717, 1.165) is 11.1 Å². The van der Waals surface area contributed by atoms with E-state index in [1.54, 1.807) is 10.9 Å². The summed E-state index contributed by atoms with van der Waals surface area (Å²) < 4.78 is 49.0. The highest BCUT2D eigenvalue weighted by atomic mass is 32.1. The molecule has 0 saturated carbocycles. The third-order valence-corrected chi connectivity index (χ3v) is 7.03. The Morgan fingerprint density at radius 1 is 1.05 bits per heavy atom. The lowest BCUT2D eigenvalue weighted by molar-refractivity contribution is -0.274. The van der Waals surface area contributed by atoms with Gasteiger partial charge < -0.3 is 14.4 Å². The Kier molecular flexibility index (Phi) is 9.37. The van der Waals surface area contributed by atoms with E-state index in [-0.39, 0.29) is 5.75 Å². The van der Waals surface area contributed by atoms with Crippen molar-refractivity contribution in [3.63, 3.8) is 0 Å². The Morgan fingerprint density at radius 3 is 2.42 bits per heavy atom. The minimum atomic E-state index is -4.76. The zero-order valence-corrected chi connectivity index (χ0v) is 24.5. The van der Waals surface area contributed by atoms with Crippen LogP contribution < -0.4 is 15.1 Å². The second kappa shape index (κ2) is 13.3. The van der Waals surface area contributed by atoms with E-state index in [1.807, 2.05) is 41.3 Å². The number of thiocarbonyl (C=S) groups is 1. The highest BCUT2D eigenvalue weighted by Gasteiger charge is 2.31. The van der Waals surface area contributed by atoms with Crippen LogP contribution in [-0.4, -0.2) is 58.6 Å². The second-order valence-corrected chi connectivity index (χ2v) is 10.7. The molecule has 1 aromatic heterocycles. The number of hydrogen-bond donors (Lipinski definition) is 1. The molecule has 0 atom stereocenters. The van der Waals surface area contributed by atoms with Crippen molar-refractivity contribution in [1.82, 2.24) is 20.2 Å². The normalized spacial score (nSPS) is 14.0. The van der Waals surface area contributed by atoms with Crippen LogP contribution in [0.25, 0.3) is 17.1 Å². The van der Waals surface area contributed by atoms with Crippen molar-refractivity contribution in [3.05, 3.63) is 89.5 Å². The minimum Gasteiger partial charge on any atom is -0.406 e. The summed E-state index contributed by atoms with van der Waals surface area (Å²) in [5.74, 6) is 1.15. The van der Waals surface area contributed by atoms with Crippen molar-refractivity contribution < 1.29 is 22.6 Å². The number of alkyl halides is 3. The SMILES string of the molecule is CC(C)c1ccccc1CC(=S)NN=Cc1ccc(-c2nc(N3CCOCC3)n(-c3ccc(OC(F)(F)F)cc3)n2)cc1. The average molecular weight is 609 g/mol. The molecule has 1 aliphatic rings. The van der Waals surface area contributed by atoms with Crippen molar-refractivity contribution in [2.24, 2.45) is 5.10 Å². The second-order valence-electron chi connectivity index (χ2n) is 10.2. The van der Waals surface area contributed by atoms with Gasteiger partial charge in [-0.3, -0.25) is 5.43 Å². The number of nitrogens with one attached hydrogen (secondary N) is 1. The van der Waals surface area contributed by atoms with E-state index < -0.39 is 6.36 Å². The molecule has 0 amide bonds. The molecule has 1 N–H and O–H groups in total. The van der Waals surface area contributed by atoms with Gasteiger partial charge >= 0.3 is 6.36 Å². The Labute approximate surface area is 253 Å². The first-order valence-electron chi connectivity index (χ1n) is 13.8. The molecule has 0 aliphatic carbocycles. The third-order valence-electron chi connectivity index (χ3n) is 6.80. The van der Waals surface area contributed by atoms with E-state index >= 15 is 0 Å². The standard InChI is InChI=1S/C31H31F3N6O2S/c1-21(2)27-6-4-3-5-24(27)19-28(43)37-35-20-22-7-9-23(10-8-22)29-36-30(39-15-17-41-18-16-39)40(38-29)25-11-13-26(14-12-25)42-31(32,33)34/h3-14,20-21H,15-19H2,1-2H3,(H,37,43). The maximum atomic E-state index is 12.6. The number of morpholine rings is 1. The van der Waals surface area contributed by atoms with Crippen LogP contribution in [0.4, 0.5) is 19.1 Å². The molecular weight excluding hydrogens is 577 g/mol. The summed E-state index contributed by atoms with van der Waals surface area (Å²) in [6.07, 6.45) is -2.46. The van der Waals surface area contributed by atoms with Gasteiger partial charge in [-0.15, -0.1) is 18.3 Å². The number of aromatic nitrogens is 3. The predicted molar refractivity (Wildman–Crippen MR) is 164 cm³/mol. The Hall–Kier alpha value is -4.29. The van der Waals surface area contributed by atoms with Crippen molar-refractivity contribution in [3.8, 4) is 22.8 Å². The lowest BCUT2D eigenvalue weighted by Gasteiger charge is -2.27. The average Bonchev–Trinajstić information content (AvgIpc) is 3.43. The lowest BCUT2D eigenvalue weighted by Crippen LogP contribution is -2.37. The molecule has 0 unspecified atom stereocenters. The fraction of sp³-hybridized carbons (Fsp3) is 0.290. The van der Waals surface area contributed by atoms with Crippen LogP contribution in [0.15, 0.2) is 77.9 Å². The van der Waals surface area contributed by atoms with Gasteiger partial charge in [-0.05, 0) is 46.9 Å². The number of nitrogens with zero attached hydrogens (tertiary/aromatic N) is 5. The number of hydrogen-bond acceptors (Lipinski definition) is 7. The smallest absolute Gasteiger partial charge is 0.406 e. The van der Waals surface area contributed by atoms with Crippen LogP contribution in [0.5, 0.6) is 5.75 Å². The molecule has 43 heavy (non-hydrogen) atoms. The van der Waals surface area contributed by atoms with Gasteiger partial charge in [0.1, 0.15) is 10.7 Å². The molecule has 12 heteroatoms. The summed E-state index contributed by atoms with van der Waals surface area (Å²) in [6.45, 7) is 6.62. The Bertz CT molecular complexity index is 1560. The molecular formula is C31H31F3N6O2S. The Balaban J connectivity index is 1.30. The fourth-order valence-corrected chi connectivity index (χ4v) is 4.93. The molecule has 224 valence electrons. The van der Waals surface area contributed by atoms with Crippen LogP contribution in [0.2, 0.25) is 0 Å². The summed E-state index contributed by atoms with van der Waals surface area (Å²) in [4.78, 5) is 7.45. The third kappa shape index (κ3) is 7.96. The summed E-state index contributed by atoms with van der Waals surface area (Å²) in [5.41, 5.74) is 7.60. The zero-order chi connectivity index (χ0) is 30.4. The van der Waals surface area contributed by atoms with Crippen LogP contribution in [0, 0.1) is 0 Å². The van der Waals surface area contributed by atoms with Gasteiger partial charge in [-0.2, -0.15) is 14.8 Å². The first-order valence-corrected chi connectivity index (χ1v) is 14.2. The van der Waals surface area contributed by atoms with E-state index in [2.05, 4.69) is 41.2 Å². The molecule has 5 rings (SSSR count). The van der Waals surface area contributed by atoms with Gasteiger partial charge in [0.25, 0.3) is 0 Å². The molecule has 0 radical (unpaired) electrons. The first-order chi connectivity index (χ1) is 20.7. The molecule has 1 fully saturated rings. The number of benzene rings is 3. The van der Waals surface area contributed by atoms with Gasteiger partial charge in [-0.1, -0.05) is 74.6 Å². The minimum absolute atomic E-state index is 0.308. The fourth-order valence-electron chi connectivity index (χ4n) is 4.72. The van der Waals surface area contributed by atoms with Gasteiger partial charge in [0, 0.05) is 25.1 Å². The molecule has 0 spiro atoms. The molecule has 8 nitrogen and oxygen atoms in total. The van der Waals surface area contributed by atoms with Crippen molar-refractivity contribution in [2.45, 2.75) is 32.5 Å². The first kappa shape index (κ1) is 30.2. The monoisotopic (exact) mass is 608 g/mol. The van der Waals surface area contributed by atoms with Gasteiger partial charge in [0.2, 0.25) is 5.95 Å². The Morgan fingerprint density at radius 2 is 1.74 bits per heavy atom. The van der Waals surface area contributed by atoms with E-state index in [1.165, 1.54) is 35.4 Å². The zero-order valence-electron chi connectivity index (χ0n) is 23.7. The predicted octanol–water partition coefficient (Wildman–Crippen LogP) is 6.29. The quantitative estimate of drug-likeness (QED) is 0.136. The number of halogens is 3.